The van der Waals surface area contributed by atoms with E-state index in [1.54, 1.807) is 26.5 Å². The zero-order valence-electron chi connectivity index (χ0n) is 14.9. The van der Waals surface area contributed by atoms with Gasteiger partial charge >= 0.3 is 0 Å². The Kier molecular flexibility index (Phi) is 5.58. The van der Waals surface area contributed by atoms with E-state index >= 15 is 0 Å². The van der Waals surface area contributed by atoms with Crippen LogP contribution in [0.15, 0.2) is 41.0 Å². The number of carbonyl (C=O) groups is 1. The van der Waals surface area contributed by atoms with Gasteiger partial charge in [-0.2, -0.15) is 0 Å². The second kappa shape index (κ2) is 8.05. The number of ether oxygens (including phenoxy) is 2. The Bertz CT molecular complexity index is 887. The Morgan fingerprint density at radius 1 is 1.23 bits per heavy atom. The van der Waals surface area contributed by atoms with Crippen LogP contribution in [0.4, 0.5) is 0 Å². The zero-order valence-corrected chi connectivity index (χ0v) is 15.7. The fourth-order valence-corrected chi connectivity index (χ4v) is 3.49. The highest BCUT2D eigenvalue weighted by Gasteiger charge is 2.13. The molecule has 1 N–H and O–H groups in total. The molecule has 0 aliphatic heterocycles. The summed E-state index contributed by atoms with van der Waals surface area (Å²) in [6.07, 6.45) is 1.89. The van der Waals surface area contributed by atoms with Crippen LogP contribution in [0.25, 0.3) is 10.8 Å². The summed E-state index contributed by atoms with van der Waals surface area (Å²) < 4.78 is 15.8. The monoisotopic (exact) mass is 372 g/mol. The van der Waals surface area contributed by atoms with E-state index in [9.17, 15) is 4.79 Å². The van der Waals surface area contributed by atoms with Gasteiger partial charge in [-0.15, -0.1) is 11.3 Å². The molecular formula is C19H20N2O4S. The maximum Gasteiger partial charge on any atom is 0.224 e. The van der Waals surface area contributed by atoms with Crippen LogP contribution in [0, 0.1) is 6.92 Å². The minimum Gasteiger partial charge on any atom is -0.493 e. The van der Waals surface area contributed by atoms with Gasteiger partial charge in [0.15, 0.2) is 22.3 Å². The highest BCUT2D eigenvalue weighted by atomic mass is 32.1. The normalized spacial score (nSPS) is 10.6. The van der Waals surface area contributed by atoms with Crippen LogP contribution in [0.3, 0.4) is 0 Å². The van der Waals surface area contributed by atoms with Crippen LogP contribution in [0.2, 0.25) is 0 Å². The third-order valence-electron chi connectivity index (χ3n) is 3.88. The Balaban J connectivity index is 1.61. The summed E-state index contributed by atoms with van der Waals surface area (Å²) in [6.45, 7) is 2.37. The quantitative estimate of drug-likeness (QED) is 0.686. The first-order valence-electron chi connectivity index (χ1n) is 8.08. The summed E-state index contributed by atoms with van der Waals surface area (Å²) in [7, 11) is 3.16. The van der Waals surface area contributed by atoms with E-state index in [4.69, 9.17) is 13.9 Å². The maximum absolute atomic E-state index is 12.3. The van der Waals surface area contributed by atoms with E-state index < -0.39 is 0 Å². The summed E-state index contributed by atoms with van der Waals surface area (Å²) in [4.78, 5) is 17.8. The average Bonchev–Trinajstić information content (AvgIpc) is 3.29. The fourth-order valence-electron chi connectivity index (χ4n) is 2.52. The third-order valence-corrected chi connectivity index (χ3v) is 5.06. The molecule has 26 heavy (non-hydrogen) atoms. The van der Waals surface area contributed by atoms with Crippen molar-refractivity contribution < 1.29 is 18.7 Å². The molecule has 0 aliphatic carbocycles. The topological polar surface area (TPSA) is 73.6 Å². The van der Waals surface area contributed by atoms with Crippen LogP contribution in [-0.2, 0) is 17.8 Å². The molecule has 0 aliphatic rings. The fraction of sp³-hybridized carbons (Fsp3) is 0.263. The van der Waals surface area contributed by atoms with Crippen molar-refractivity contribution in [2.24, 2.45) is 0 Å². The molecule has 0 unspecified atom stereocenters. The third kappa shape index (κ3) is 4.05. The molecule has 6 nitrogen and oxygen atoms in total. The van der Waals surface area contributed by atoms with Crippen LogP contribution in [0.1, 0.15) is 16.1 Å². The number of aryl methyl sites for hydroxylation is 1. The van der Waals surface area contributed by atoms with Crippen molar-refractivity contribution in [1.82, 2.24) is 10.3 Å². The molecule has 0 atom stereocenters. The Labute approximate surface area is 155 Å². The van der Waals surface area contributed by atoms with Crippen molar-refractivity contribution in [2.45, 2.75) is 19.9 Å². The lowest BCUT2D eigenvalue weighted by atomic mass is 10.1. The van der Waals surface area contributed by atoms with Gasteiger partial charge in [-0.25, -0.2) is 4.98 Å². The summed E-state index contributed by atoms with van der Waals surface area (Å²) in [5, 5.41) is 3.76. The van der Waals surface area contributed by atoms with Crippen molar-refractivity contribution in [1.29, 1.82) is 0 Å². The van der Waals surface area contributed by atoms with Crippen LogP contribution in [-0.4, -0.2) is 25.1 Å². The van der Waals surface area contributed by atoms with E-state index in [1.165, 1.54) is 11.3 Å². The molecule has 2 aromatic heterocycles. The molecule has 0 spiro atoms. The molecule has 7 heteroatoms. The molecule has 0 saturated carbocycles. The number of carbonyl (C=O) groups excluding carboxylic acids is 1. The number of rotatable bonds is 7. The van der Waals surface area contributed by atoms with Gasteiger partial charge in [-0.3, -0.25) is 4.79 Å². The molecule has 0 saturated heterocycles. The summed E-state index contributed by atoms with van der Waals surface area (Å²) in [5.41, 5.74) is 1.75. The highest BCUT2D eigenvalue weighted by molar-refractivity contribution is 7.15. The van der Waals surface area contributed by atoms with Gasteiger partial charge in [0, 0.05) is 4.88 Å². The second-order valence-corrected chi connectivity index (χ2v) is 6.73. The van der Waals surface area contributed by atoms with Gasteiger partial charge in [0.25, 0.3) is 0 Å². The molecule has 2 heterocycles. The first-order chi connectivity index (χ1) is 12.6. The second-order valence-electron chi connectivity index (χ2n) is 5.65. The van der Waals surface area contributed by atoms with Gasteiger partial charge in [0.05, 0.1) is 39.1 Å². The molecule has 0 bridgehead atoms. The van der Waals surface area contributed by atoms with Crippen molar-refractivity contribution >= 4 is 17.2 Å². The number of benzene rings is 1. The molecule has 1 amide bonds. The summed E-state index contributed by atoms with van der Waals surface area (Å²) in [5.74, 6) is 1.92. The van der Waals surface area contributed by atoms with Gasteiger partial charge in [0.1, 0.15) is 0 Å². The minimum atomic E-state index is -0.0652. The van der Waals surface area contributed by atoms with Gasteiger partial charge in [0.2, 0.25) is 5.91 Å². The molecule has 0 radical (unpaired) electrons. The van der Waals surface area contributed by atoms with Crippen LogP contribution < -0.4 is 14.8 Å². The predicted molar refractivity (Wildman–Crippen MR) is 99.6 cm³/mol. The van der Waals surface area contributed by atoms with Crippen LogP contribution >= 0.6 is 11.3 Å². The maximum atomic E-state index is 12.3. The zero-order chi connectivity index (χ0) is 18.5. The Morgan fingerprint density at radius 2 is 2.04 bits per heavy atom. The number of nitrogens with one attached hydrogen (secondary N) is 1. The lowest BCUT2D eigenvalue weighted by molar-refractivity contribution is -0.120. The number of thiazole rings is 1. The number of amides is 1. The highest BCUT2D eigenvalue weighted by Crippen LogP contribution is 2.29. The predicted octanol–water partition coefficient (Wildman–Crippen LogP) is 3.59. The number of aromatic nitrogens is 1. The van der Waals surface area contributed by atoms with E-state index in [0.717, 1.165) is 26.9 Å². The Morgan fingerprint density at radius 3 is 2.73 bits per heavy atom. The lowest BCUT2D eigenvalue weighted by Gasteiger charge is -2.09. The van der Waals surface area contributed by atoms with Crippen molar-refractivity contribution in [3.63, 3.8) is 0 Å². The molecule has 0 fully saturated rings. The van der Waals surface area contributed by atoms with E-state index in [1.807, 2.05) is 31.2 Å². The van der Waals surface area contributed by atoms with E-state index in [0.29, 0.717) is 18.0 Å². The molecule has 3 aromatic rings. The van der Waals surface area contributed by atoms with E-state index in [2.05, 4.69) is 10.3 Å². The number of methoxy groups -OCH3 is 2. The SMILES string of the molecule is COc1ccc(CC(=O)NCc2sc(-c3ccco3)nc2C)cc1OC. The van der Waals surface area contributed by atoms with E-state index in [-0.39, 0.29) is 12.3 Å². The summed E-state index contributed by atoms with van der Waals surface area (Å²) >= 11 is 1.52. The van der Waals surface area contributed by atoms with Crippen LogP contribution in [0.5, 0.6) is 11.5 Å². The molecule has 136 valence electrons. The number of furan rings is 1. The number of hydrogen-bond donors (Lipinski definition) is 1. The minimum absolute atomic E-state index is 0.0652. The van der Waals surface area contributed by atoms with Crippen molar-refractivity contribution in [3.05, 3.63) is 52.7 Å². The number of hydrogen-bond acceptors (Lipinski definition) is 6. The first kappa shape index (κ1) is 18.0. The lowest BCUT2D eigenvalue weighted by Crippen LogP contribution is -2.24. The van der Waals surface area contributed by atoms with Gasteiger partial charge in [-0.1, -0.05) is 6.07 Å². The number of nitrogens with zero attached hydrogens (tertiary/aromatic N) is 1. The standard InChI is InChI=1S/C19H20N2O4S/c1-12-17(26-19(21-12)15-5-4-8-25-15)11-20-18(22)10-13-6-7-14(23-2)16(9-13)24-3/h4-9H,10-11H2,1-3H3,(H,20,22). The molecule has 1 aromatic carbocycles. The molecular weight excluding hydrogens is 352 g/mol. The van der Waals surface area contributed by atoms with Crippen molar-refractivity contribution in [3.8, 4) is 22.3 Å². The largest absolute Gasteiger partial charge is 0.493 e. The van der Waals surface area contributed by atoms with Gasteiger partial charge in [-0.05, 0) is 36.8 Å². The average molecular weight is 372 g/mol. The van der Waals surface area contributed by atoms with Crippen molar-refractivity contribution in [2.75, 3.05) is 14.2 Å². The smallest absolute Gasteiger partial charge is 0.224 e. The summed E-state index contributed by atoms with van der Waals surface area (Å²) in [6, 6.07) is 9.16. The Hall–Kier alpha value is -2.80. The molecule has 3 rings (SSSR count). The first-order valence-corrected chi connectivity index (χ1v) is 8.90. The van der Waals surface area contributed by atoms with Gasteiger partial charge < -0.3 is 19.2 Å².